The van der Waals surface area contributed by atoms with Gasteiger partial charge in [0.05, 0.1) is 6.61 Å². The summed E-state index contributed by atoms with van der Waals surface area (Å²) in [7, 11) is 0. The van der Waals surface area contributed by atoms with Crippen LogP contribution in [0.25, 0.3) is 0 Å². The highest BCUT2D eigenvalue weighted by Crippen LogP contribution is 2.17. The van der Waals surface area contributed by atoms with E-state index in [4.69, 9.17) is 9.26 Å². The lowest BCUT2D eigenvalue weighted by atomic mass is 10.1. The van der Waals surface area contributed by atoms with E-state index in [1.54, 1.807) is 0 Å². The molecule has 1 aromatic heterocycles. The highest BCUT2D eigenvalue weighted by Gasteiger charge is 2.22. The molecule has 0 aromatic carbocycles. The van der Waals surface area contributed by atoms with Crippen LogP contribution in [0.1, 0.15) is 31.7 Å². The van der Waals surface area contributed by atoms with Crippen molar-refractivity contribution in [2.24, 2.45) is 5.92 Å². The van der Waals surface area contributed by atoms with Gasteiger partial charge in [-0.15, -0.1) is 0 Å². The second-order valence-corrected chi connectivity index (χ2v) is 4.21. The van der Waals surface area contributed by atoms with E-state index in [0.29, 0.717) is 18.4 Å². The number of aromatic nitrogens is 2. The highest BCUT2D eigenvalue weighted by atomic mass is 16.5. The lowest BCUT2D eigenvalue weighted by Gasteiger charge is -2.19. The zero-order chi connectivity index (χ0) is 10.7. The van der Waals surface area contributed by atoms with Gasteiger partial charge < -0.3 is 14.6 Å². The van der Waals surface area contributed by atoms with E-state index in [0.717, 1.165) is 25.3 Å². The number of nitrogens with zero attached hydrogens (tertiary/aromatic N) is 2. The average Bonchev–Trinajstić information content (AvgIpc) is 2.67. The predicted molar refractivity (Wildman–Crippen MR) is 54.4 cm³/mol. The van der Waals surface area contributed by atoms with Crippen molar-refractivity contribution in [1.82, 2.24) is 15.5 Å². The molecule has 84 valence electrons. The standard InChI is InChI=1S/C10H17N3O2/c1-7(2)5-9-12-10(15-13-9)8-6-11-3-4-14-8/h7-8,11H,3-6H2,1-2H3. The van der Waals surface area contributed by atoms with E-state index in [1.165, 1.54) is 0 Å². The maximum Gasteiger partial charge on any atom is 0.257 e. The summed E-state index contributed by atoms with van der Waals surface area (Å²) in [6.45, 7) is 6.61. The molecule has 1 atom stereocenters. The topological polar surface area (TPSA) is 60.2 Å². The number of ether oxygens (including phenoxy) is 1. The summed E-state index contributed by atoms with van der Waals surface area (Å²) < 4.78 is 10.7. The summed E-state index contributed by atoms with van der Waals surface area (Å²) in [4.78, 5) is 4.33. The van der Waals surface area contributed by atoms with Crippen LogP contribution >= 0.6 is 0 Å². The predicted octanol–water partition coefficient (Wildman–Crippen LogP) is 0.929. The molecule has 5 heteroatoms. The fourth-order valence-electron chi connectivity index (χ4n) is 1.57. The monoisotopic (exact) mass is 211 g/mol. The molecule has 15 heavy (non-hydrogen) atoms. The van der Waals surface area contributed by atoms with E-state index >= 15 is 0 Å². The number of morpholine rings is 1. The van der Waals surface area contributed by atoms with Crippen molar-refractivity contribution in [1.29, 1.82) is 0 Å². The smallest absolute Gasteiger partial charge is 0.257 e. The molecule has 1 fully saturated rings. The van der Waals surface area contributed by atoms with Crippen LogP contribution in [0, 0.1) is 5.92 Å². The Hall–Kier alpha value is -0.940. The third-order valence-electron chi connectivity index (χ3n) is 2.28. The van der Waals surface area contributed by atoms with Crippen LogP contribution in [0.4, 0.5) is 0 Å². The zero-order valence-electron chi connectivity index (χ0n) is 9.19. The summed E-state index contributed by atoms with van der Waals surface area (Å²) in [5, 5.41) is 7.17. The van der Waals surface area contributed by atoms with Crippen molar-refractivity contribution in [2.75, 3.05) is 19.7 Å². The van der Waals surface area contributed by atoms with Gasteiger partial charge >= 0.3 is 0 Å². The van der Waals surface area contributed by atoms with Crippen LogP contribution in [0.5, 0.6) is 0 Å². The van der Waals surface area contributed by atoms with Crippen LogP contribution in [0.15, 0.2) is 4.52 Å². The van der Waals surface area contributed by atoms with Crippen molar-refractivity contribution in [3.8, 4) is 0 Å². The Morgan fingerprint density at radius 1 is 1.53 bits per heavy atom. The summed E-state index contributed by atoms with van der Waals surface area (Å²) in [6.07, 6.45) is 0.774. The molecule has 0 aliphatic carbocycles. The third-order valence-corrected chi connectivity index (χ3v) is 2.28. The molecule has 0 amide bonds. The Morgan fingerprint density at radius 2 is 2.40 bits per heavy atom. The van der Waals surface area contributed by atoms with E-state index in [9.17, 15) is 0 Å². The van der Waals surface area contributed by atoms with Gasteiger partial charge in [0.1, 0.15) is 6.10 Å². The normalized spacial score (nSPS) is 22.2. The molecule has 5 nitrogen and oxygen atoms in total. The van der Waals surface area contributed by atoms with Crippen LogP contribution in [0.2, 0.25) is 0 Å². The Kier molecular flexibility index (Phi) is 3.33. The zero-order valence-corrected chi connectivity index (χ0v) is 9.19. The summed E-state index contributed by atoms with van der Waals surface area (Å²) >= 11 is 0. The molecule has 1 unspecified atom stereocenters. The Balaban J connectivity index is 1.99. The largest absolute Gasteiger partial charge is 0.366 e. The second-order valence-electron chi connectivity index (χ2n) is 4.21. The fourth-order valence-corrected chi connectivity index (χ4v) is 1.57. The van der Waals surface area contributed by atoms with Crippen LogP contribution < -0.4 is 5.32 Å². The van der Waals surface area contributed by atoms with Gasteiger partial charge in [-0.2, -0.15) is 4.98 Å². The molecule has 1 aromatic rings. The van der Waals surface area contributed by atoms with Crippen molar-refractivity contribution in [3.05, 3.63) is 11.7 Å². The summed E-state index contributed by atoms with van der Waals surface area (Å²) in [5.74, 6) is 1.91. The lowest BCUT2D eigenvalue weighted by Crippen LogP contribution is -2.33. The maximum absolute atomic E-state index is 5.52. The SMILES string of the molecule is CC(C)Cc1noc(C2CNCCO2)n1. The number of nitrogens with one attached hydrogen (secondary N) is 1. The maximum atomic E-state index is 5.52. The van der Waals surface area contributed by atoms with Crippen molar-refractivity contribution < 1.29 is 9.26 Å². The van der Waals surface area contributed by atoms with Crippen molar-refractivity contribution in [3.63, 3.8) is 0 Å². The third kappa shape index (κ3) is 2.76. The highest BCUT2D eigenvalue weighted by molar-refractivity contribution is 4.93. The van der Waals surface area contributed by atoms with Gasteiger partial charge in [-0.3, -0.25) is 0 Å². The van der Waals surface area contributed by atoms with Gasteiger partial charge in [-0.05, 0) is 5.92 Å². The number of hydrogen-bond donors (Lipinski definition) is 1. The molecule has 0 spiro atoms. The quantitative estimate of drug-likeness (QED) is 0.806. The number of rotatable bonds is 3. The molecule has 2 rings (SSSR count). The summed E-state index contributed by atoms with van der Waals surface area (Å²) in [6, 6.07) is 0. The van der Waals surface area contributed by atoms with Gasteiger partial charge in [-0.1, -0.05) is 19.0 Å². The second kappa shape index (κ2) is 4.72. The van der Waals surface area contributed by atoms with Crippen molar-refractivity contribution in [2.45, 2.75) is 26.4 Å². The van der Waals surface area contributed by atoms with E-state index in [-0.39, 0.29) is 6.10 Å². The first-order valence-corrected chi connectivity index (χ1v) is 5.40. The van der Waals surface area contributed by atoms with Crippen molar-refractivity contribution >= 4 is 0 Å². The van der Waals surface area contributed by atoms with Crippen LogP contribution in [0.3, 0.4) is 0 Å². The first-order chi connectivity index (χ1) is 7.25. The van der Waals surface area contributed by atoms with Gasteiger partial charge in [-0.25, -0.2) is 0 Å². The Morgan fingerprint density at radius 3 is 3.07 bits per heavy atom. The molecule has 1 N–H and O–H groups in total. The molecule has 1 aliphatic heterocycles. The first kappa shape index (κ1) is 10.6. The molecular weight excluding hydrogens is 194 g/mol. The van der Waals surface area contributed by atoms with Crippen LogP contribution in [-0.4, -0.2) is 29.8 Å². The van der Waals surface area contributed by atoms with Crippen LogP contribution in [-0.2, 0) is 11.2 Å². The van der Waals surface area contributed by atoms with Gasteiger partial charge in [0.2, 0.25) is 0 Å². The molecule has 0 bridgehead atoms. The molecule has 0 radical (unpaired) electrons. The lowest BCUT2D eigenvalue weighted by molar-refractivity contribution is 0.00755. The summed E-state index contributed by atoms with van der Waals surface area (Å²) in [5.41, 5.74) is 0. The van der Waals surface area contributed by atoms with E-state index in [1.807, 2.05) is 0 Å². The minimum absolute atomic E-state index is 0.0767. The fraction of sp³-hybridized carbons (Fsp3) is 0.800. The molecule has 0 saturated carbocycles. The van der Waals surface area contributed by atoms with Gasteiger partial charge in [0.25, 0.3) is 5.89 Å². The minimum atomic E-state index is -0.0767. The van der Waals surface area contributed by atoms with E-state index < -0.39 is 0 Å². The Labute approximate surface area is 89.2 Å². The minimum Gasteiger partial charge on any atom is -0.366 e. The molecule has 2 heterocycles. The Bertz CT molecular complexity index is 305. The molecule has 1 aliphatic rings. The van der Waals surface area contributed by atoms with Gasteiger partial charge in [0, 0.05) is 19.5 Å². The first-order valence-electron chi connectivity index (χ1n) is 5.40. The molecule has 1 saturated heterocycles. The van der Waals surface area contributed by atoms with Gasteiger partial charge in [0.15, 0.2) is 5.82 Å². The van der Waals surface area contributed by atoms with E-state index in [2.05, 4.69) is 29.3 Å². The molecular formula is C10H17N3O2. The number of hydrogen-bond acceptors (Lipinski definition) is 5. The average molecular weight is 211 g/mol.